The molecule has 144 valence electrons. The average molecular weight is 412 g/mol. The van der Waals surface area contributed by atoms with Crippen molar-refractivity contribution in [2.24, 2.45) is 0 Å². The Kier molecular flexibility index (Phi) is 5.28. The van der Waals surface area contributed by atoms with E-state index in [0.717, 1.165) is 21.7 Å². The largest absolute Gasteiger partial charge is 0.350 e. The first-order chi connectivity index (χ1) is 13.5. The number of nitrogens with one attached hydrogen (secondary N) is 2. The Labute approximate surface area is 171 Å². The van der Waals surface area contributed by atoms with Gasteiger partial charge in [-0.05, 0) is 48.3 Å². The molecular weight excluding hydrogens is 390 g/mol. The van der Waals surface area contributed by atoms with Crippen molar-refractivity contribution in [3.63, 3.8) is 0 Å². The first-order valence-electron chi connectivity index (χ1n) is 9.23. The molecule has 3 aromatic rings. The quantitative estimate of drug-likeness (QED) is 0.586. The third kappa shape index (κ3) is 4.15. The summed E-state index contributed by atoms with van der Waals surface area (Å²) in [6, 6.07) is 9.97. The molecule has 0 saturated heterocycles. The molecule has 0 bridgehead atoms. The van der Waals surface area contributed by atoms with Crippen LogP contribution in [0.25, 0.3) is 11.3 Å². The first-order valence-corrected chi connectivity index (χ1v) is 11.0. The van der Waals surface area contributed by atoms with Crippen LogP contribution < -0.4 is 10.6 Å². The van der Waals surface area contributed by atoms with E-state index in [0.29, 0.717) is 11.0 Å². The van der Waals surface area contributed by atoms with Crippen molar-refractivity contribution in [3.8, 4) is 11.3 Å². The number of aromatic nitrogens is 1. The molecule has 1 aliphatic rings. The van der Waals surface area contributed by atoms with Crippen molar-refractivity contribution >= 4 is 39.6 Å². The fourth-order valence-electron chi connectivity index (χ4n) is 3.17. The zero-order valence-electron chi connectivity index (χ0n) is 15.7. The third-order valence-electron chi connectivity index (χ3n) is 4.77. The van der Waals surface area contributed by atoms with Crippen LogP contribution in [0.2, 0.25) is 0 Å². The zero-order valence-corrected chi connectivity index (χ0v) is 17.3. The van der Waals surface area contributed by atoms with Gasteiger partial charge in [-0.25, -0.2) is 4.98 Å². The second-order valence-corrected chi connectivity index (χ2v) is 8.79. The van der Waals surface area contributed by atoms with E-state index >= 15 is 0 Å². The molecule has 1 fully saturated rings. The van der Waals surface area contributed by atoms with E-state index in [9.17, 15) is 9.59 Å². The van der Waals surface area contributed by atoms with Crippen LogP contribution in [0.4, 0.5) is 5.13 Å². The van der Waals surface area contributed by atoms with Gasteiger partial charge in [0.05, 0.1) is 16.6 Å². The molecule has 5 nitrogen and oxygen atoms in total. The minimum Gasteiger partial charge on any atom is -0.350 e. The lowest BCUT2D eigenvalue weighted by Crippen LogP contribution is -2.23. The molecule has 2 amide bonds. The summed E-state index contributed by atoms with van der Waals surface area (Å²) in [4.78, 5) is 29.2. The molecule has 1 unspecified atom stereocenters. The molecule has 2 N–H and O–H groups in total. The van der Waals surface area contributed by atoms with Gasteiger partial charge in [-0.3, -0.25) is 14.9 Å². The highest BCUT2D eigenvalue weighted by atomic mass is 32.1. The van der Waals surface area contributed by atoms with Crippen LogP contribution in [0.3, 0.4) is 0 Å². The molecule has 4 rings (SSSR count). The number of amides is 2. The summed E-state index contributed by atoms with van der Waals surface area (Å²) in [7, 11) is 0. The summed E-state index contributed by atoms with van der Waals surface area (Å²) >= 11 is 2.92. The maximum Gasteiger partial charge on any atom is 0.267 e. The molecule has 1 aromatic carbocycles. The number of carbonyl (C=O) groups excluding carboxylic acids is 2. The fraction of sp³-hybridized carbons (Fsp3) is 0.286. The molecule has 1 saturated carbocycles. The van der Waals surface area contributed by atoms with Crippen molar-refractivity contribution in [1.82, 2.24) is 10.3 Å². The van der Waals surface area contributed by atoms with E-state index in [1.807, 2.05) is 41.9 Å². The Morgan fingerprint density at radius 3 is 2.57 bits per heavy atom. The van der Waals surface area contributed by atoms with Crippen molar-refractivity contribution in [1.29, 1.82) is 0 Å². The predicted octanol–water partition coefficient (Wildman–Crippen LogP) is 5.20. The average Bonchev–Trinajstić information content (AvgIpc) is 3.21. The van der Waals surface area contributed by atoms with E-state index in [1.54, 1.807) is 0 Å². The smallest absolute Gasteiger partial charge is 0.267 e. The van der Waals surface area contributed by atoms with E-state index in [2.05, 4.69) is 21.7 Å². The van der Waals surface area contributed by atoms with Crippen LogP contribution in [0.5, 0.6) is 0 Å². The van der Waals surface area contributed by atoms with Crippen LogP contribution in [0, 0.1) is 0 Å². The SMILES string of the molecule is CC(=O)NC(C)c1ccc(-c2csc(NC(=O)c3sccc3C3CC3)n2)cc1. The van der Waals surface area contributed by atoms with Crippen LogP contribution in [0.1, 0.15) is 59.4 Å². The van der Waals surface area contributed by atoms with Crippen LogP contribution in [-0.4, -0.2) is 16.8 Å². The highest BCUT2D eigenvalue weighted by Crippen LogP contribution is 2.43. The summed E-state index contributed by atoms with van der Waals surface area (Å²) in [6.07, 6.45) is 2.35. The van der Waals surface area contributed by atoms with Gasteiger partial charge >= 0.3 is 0 Å². The second kappa shape index (κ2) is 7.85. The normalized spacial score (nSPS) is 14.5. The number of anilines is 1. The Balaban J connectivity index is 1.44. The van der Waals surface area contributed by atoms with Crippen molar-refractivity contribution in [2.45, 2.75) is 38.6 Å². The van der Waals surface area contributed by atoms with Crippen molar-refractivity contribution < 1.29 is 9.59 Å². The van der Waals surface area contributed by atoms with Crippen molar-refractivity contribution in [3.05, 3.63) is 57.1 Å². The van der Waals surface area contributed by atoms with Gasteiger partial charge in [0.1, 0.15) is 0 Å². The fourth-order valence-corrected chi connectivity index (χ4v) is 4.76. The Morgan fingerprint density at radius 2 is 1.89 bits per heavy atom. The monoisotopic (exact) mass is 411 g/mol. The lowest BCUT2D eigenvalue weighted by atomic mass is 10.1. The molecule has 0 aliphatic heterocycles. The molecule has 7 heteroatoms. The topological polar surface area (TPSA) is 71.1 Å². The molecule has 2 heterocycles. The lowest BCUT2D eigenvalue weighted by molar-refractivity contribution is -0.119. The minimum atomic E-state index is -0.0720. The van der Waals surface area contributed by atoms with E-state index in [4.69, 9.17) is 0 Å². The van der Waals surface area contributed by atoms with E-state index in [1.165, 1.54) is 48.0 Å². The second-order valence-electron chi connectivity index (χ2n) is 7.02. The molecule has 0 radical (unpaired) electrons. The van der Waals surface area contributed by atoms with E-state index in [-0.39, 0.29) is 17.9 Å². The van der Waals surface area contributed by atoms with Gasteiger partial charge in [0, 0.05) is 17.9 Å². The van der Waals surface area contributed by atoms with Gasteiger partial charge in [-0.2, -0.15) is 0 Å². The molecule has 1 atom stereocenters. The maximum absolute atomic E-state index is 12.6. The highest BCUT2D eigenvalue weighted by Gasteiger charge is 2.29. The molecule has 0 spiro atoms. The number of hydrogen-bond acceptors (Lipinski definition) is 5. The van der Waals surface area contributed by atoms with Gasteiger partial charge < -0.3 is 5.32 Å². The highest BCUT2D eigenvalue weighted by molar-refractivity contribution is 7.14. The number of thiophene rings is 1. The van der Waals surface area contributed by atoms with Gasteiger partial charge in [-0.15, -0.1) is 22.7 Å². The number of benzene rings is 1. The summed E-state index contributed by atoms with van der Waals surface area (Å²) in [5.74, 6) is 0.432. The molecule has 28 heavy (non-hydrogen) atoms. The van der Waals surface area contributed by atoms with Gasteiger partial charge in [0.15, 0.2) is 5.13 Å². The molecule has 1 aliphatic carbocycles. The number of thiazole rings is 1. The molecule has 2 aromatic heterocycles. The Bertz CT molecular complexity index is 1000. The van der Waals surface area contributed by atoms with Gasteiger partial charge in [-0.1, -0.05) is 24.3 Å². The number of rotatable bonds is 6. The van der Waals surface area contributed by atoms with Crippen LogP contribution in [-0.2, 0) is 4.79 Å². The summed E-state index contributed by atoms with van der Waals surface area (Å²) < 4.78 is 0. The predicted molar refractivity (Wildman–Crippen MR) is 114 cm³/mol. The Morgan fingerprint density at radius 1 is 1.14 bits per heavy atom. The maximum atomic E-state index is 12.6. The van der Waals surface area contributed by atoms with Gasteiger partial charge in [0.25, 0.3) is 5.91 Å². The Hall–Kier alpha value is -2.51. The summed E-state index contributed by atoms with van der Waals surface area (Å²) in [5.41, 5.74) is 4.01. The lowest BCUT2D eigenvalue weighted by Gasteiger charge is -2.13. The molecular formula is C21H21N3O2S2. The minimum absolute atomic E-state index is 0.0386. The number of hydrogen-bond donors (Lipinski definition) is 2. The van der Waals surface area contributed by atoms with Crippen LogP contribution in [0.15, 0.2) is 41.1 Å². The standard InChI is InChI=1S/C21H21N3O2S2/c1-12(22-13(2)25)14-3-7-16(8-4-14)18-11-28-21(23-18)24-20(26)19-17(9-10-27-19)15-5-6-15/h3-4,7-12,15H,5-6H2,1-2H3,(H,22,25)(H,23,24,26). The van der Waals surface area contributed by atoms with E-state index < -0.39 is 0 Å². The van der Waals surface area contributed by atoms with Gasteiger partial charge in [0.2, 0.25) is 5.91 Å². The third-order valence-corrected chi connectivity index (χ3v) is 6.46. The van der Waals surface area contributed by atoms with Crippen molar-refractivity contribution in [2.75, 3.05) is 5.32 Å². The first kappa shape index (κ1) is 18.8. The zero-order chi connectivity index (χ0) is 19.7. The number of carbonyl (C=O) groups is 2. The summed E-state index contributed by atoms with van der Waals surface area (Å²) in [5, 5.41) is 10.3. The summed E-state index contributed by atoms with van der Waals surface area (Å²) in [6.45, 7) is 3.47. The van der Waals surface area contributed by atoms with Crippen LogP contribution >= 0.6 is 22.7 Å². The number of nitrogens with zero attached hydrogens (tertiary/aromatic N) is 1.